The number of anilines is 1. The van der Waals surface area contributed by atoms with Crippen LogP contribution in [0.1, 0.15) is 42.0 Å². The van der Waals surface area contributed by atoms with Gasteiger partial charge < -0.3 is 20.3 Å². The Bertz CT molecular complexity index is 966. The van der Waals surface area contributed by atoms with Crippen LogP contribution < -0.4 is 10.6 Å². The first kappa shape index (κ1) is 20.6. The van der Waals surface area contributed by atoms with E-state index in [-0.39, 0.29) is 18.0 Å². The zero-order valence-electron chi connectivity index (χ0n) is 16.7. The molecule has 152 valence electrons. The molecule has 8 heteroatoms. The van der Waals surface area contributed by atoms with Gasteiger partial charge in [0, 0.05) is 18.4 Å². The van der Waals surface area contributed by atoms with E-state index >= 15 is 0 Å². The van der Waals surface area contributed by atoms with Crippen molar-refractivity contribution in [3.63, 3.8) is 0 Å². The monoisotopic (exact) mass is 413 g/mol. The van der Waals surface area contributed by atoms with Crippen LogP contribution in [0.5, 0.6) is 0 Å². The molecule has 0 saturated heterocycles. The summed E-state index contributed by atoms with van der Waals surface area (Å²) in [5.74, 6) is -0.696. The Hall–Kier alpha value is -3.13. The summed E-state index contributed by atoms with van der Waals surface area (Å²) in [6, 6.07) is 9.63. The van der Waals surface area contributed by atoms with Gasteiger partial charge >= 0.3 is 12.0 Å². The van der Waals surface area contributed by atoms with Crippen LogP contribution in [0, 0.1) is 0 Å². The molecule has 3 amide bonds. The predicted molar refractivity (Wildman–Crippen MR) is 112 cm³/mol. The molecule has 0 bridgehead atoms. The summed E-state index contributed by atoms with van der Waals surface area (Å²) < 4.78 is 5.40. The van der Waals surface area contributed by atoms with Crippen molar-refractivity contribution in [2.24, 2.45) is 0 Å². The number of benzene rings is 1. The minimum absolute atomic E-state index is 0.212. The number of ether oxygens (including phenoxy) is 1. The number of nitrogens with zero attached hydrogens (tertiary/aromatic N) is 1. The van der Waals surface area contributed by atoms with Crippen LogP contribution in [0.4, 0.5) is 10.5 Å². The SMILES string of the molecule is CC1=C(C(=O)OC(C)C)[C@@H](c2cccc(NC(=O)c3cccs3)c2)NC(=O)N1C. The van der Waals surface area contributed by atoms with E-state index in [1.54, 1.807) is 58.2 Å². The van der Waals surface area contributed by atoms with E-state index in [9.17, 15) is 14.4 Å². The van der Waals surface area contributed by atoms with Gasteiger partial charge in [0.15, 0.2) is 0 Å². The molecular formula is C21H23N3O4S. The van der Waals surface area contributed by atoms with Crippen molar-refractivity contribution in [1.82, 2.24) is 10.2 Å². The van der Waals surface area contributed by atoms with Crippen LogP contribution in [0.3, 0.4) is 0 Å². The van der Waals surface area contributed by atoms with Gasteiger partial charge in [0.25, 0.3) is 5.91 Å². The molecule has 0 fully saturated rings. The third kappa shape index (κ3) is 4.48. The Labute approximate surface area is 173 Å². The standard InChI is InChI=1S/C21H23N3O4S/c1-12(2)28-20(26)17-13(3)24(4)21(27)23-18(17)14-7-5-8-15(11-14)22-19(25)16-9-6-10-29-16/h5-12,18H,1-4H3,(H,22,25)(H,23,27)/t18-/m1/s1. The second kappa shape index (κ2) is 8.48. The number of amides is 3. The molecular weight excluding hydrogens is 390 g/mol. The Kier molecular flexibility index (Phi) is 6.03. The fraction of sp³-hybridized carbons (Fsp3) is 0.286. The van der Waals surface area contributed by atoms with Crippen molar-refractivity contribution in [1.29, 1.82) is 0 Å². The third-order valence-corrected chi connectivity index (χ3v) is 5.41. The highest BCUT2D eigenvalue weighted by molar-refractivity contribution is 7.12. The van der Waals surface area contributed by atoms with Crippen LogP contribution in [0.15, 0.2) is 53.0 Å². The molecule has 1 aromatic heterocycles. The molecule has 3 rings (SSSR count). The van der Waals surface area contributed by atoms with Crippen LogP contribution >= 0.6 is 11.3 Å². The smallest absolute Gasteiger partial charge is 0.338 e. The van der Waals surface area contributed by atoms with Gasteiger partial charge in [-0.2, -0.15) is 0 Å². The van der Waals surface area contributed by atoms with E-state index < -0.39 is 12.0 Å². The lowest BCUT2D eigenvalue weighted by Crippen LogP contribution is -2.46. The normalized spacial score (nSPS) is 16.7. The number of urea groups is 1. The number of hydrogen-bond acceptors (Lipinski definition) is 5. The first-order valence-electron chi connectivity index (χ1n) is 9.18. The van der Waals surface area contributed by atoms with Crippen molar-refractivity contribution >= 4 is 34.9 Å². The molecule has 2 aromatic rings. The number of hydrogen-bond donors (Lipinski definition) is 2. The molecule has 29 heavy (non-hydrogen) atoms. The fourth-order valence-corrected chi connectivity index (χ4v) is 3.64. The van der Waals surface area contributed by atoms with Crippen LogP contribution in [0.2, 0.25) is 0 Å². The van der Waals surface area contributed by atoms with E-state index in [0.29, 0.717) is 27.4 Å². The maximum Gasteiger partial charge on any atom is 0.338 e. The maximum absolute atomic E-state index is 12.7. The number of carbonyl (C=O) groups excluding carboxylic acids is 3. The summed E-state index contributed by atoms with van der Waals surface area (Å²) in [7, 11) is 1.60. The third-order valence-electron chi connectivity index (χ3n) is 4.54. The number of rotatable bonds is 5. The van der Waals surface area contributed by atoms with Gasteiger partial charge in [-0.05, 0) is 49.9 Å². The Balaban J connectivity index is 1.93. The molecule has 1 aromatic carbocycles. The summed E-state index contributed by atoms with van der Waals surface area (Å²) >= 11 is 1.35. The Morgan fingerprint density at radius 2 is 2.00 bits per heavy atom. The Morgan fingerprint density at radius 1 is 1.24 bits per heavy atom. The highest BCUT2D eigenvalue weighted by Gasteiger charge is 2.35. The van der Waals surface area contributed by atoms with Crippen molar-refractivity contribution < 1.29 is 19.1 Å². The zero-order chi connectivity index (χ0) is 21.1. The van der Waals surface area contributed by atoms with Gasteiger partial charge in [0.05, 0.1) is 22.6 Å². The van der Waals surface area contributed by atoms with Crippen molar-refractivity contribution in [2.75, 3.05) is 12.4 Å². The number of carbonyl (C=O) groups is 3. The van der Waals surface area contributed by atoms with Crippen molar-refractivity contribution in [2.45, 2.75) is 32.9 Å². The van der Waals surface area contributed by atoms with Gasteiger partial charge in [-0.3, -0.25) is 4.79 Å². The Morgan fingerprint density at radius 3 is 2.66 bits per heavy atom. The lowest BCUT2D eigenvalue weighted by molar-refractivity contribution is -0.143. The van der Waals surface area contributed by atoms with Crippen molar-refractivity contribution in [3.8, 4) is 0 Å². The first-order chi connectivity index (χ1) is 13.8. The second-order valence-corrected chi connectivity index (χ2v) is 7.90. The molecule has 0 spiro atoms. The summed E-state index contributed by atoms with van der Waals surface area (Å²) in [5, 5.41) is 7.52. The van der Waals surface area contributed by atoms with Gasteiger partial charge in [-0.25, -0.2) is 9.59 Å². The van der Waals surface area contributed by atoms with Crippen LogP contribution in [-0.2, 0) is 9.53 Å². The molecule has 2 N–H and O–H groups in total. The van der Waals surface area contributed by atoms with E-state index in [2.05, 4.69) is 10.6 Å². The number of nitrogens with one attached hydrogen (secondary N) is 2. The second-order valence-electron chi connectivity index (χ2n) is 6.95. The average Bonchev–Trinajstić information content (AvgIpc) is 3.20. The molecule has 1 aliphatic rings. The number of thiophene rings is 1. The molecule has 0 aliphatic carbocycles. The summed E-state index contributed by atoms with van der Waals surface area (Å²) in [4.78, 5) is 39.4. The first-order valence-corrected chi connectivity index (χ1v) is 10.1. The highest BCUT2D eigenvalue weighted by atomic mass is 32.1. The highest BCUT2D eigenvalue weighted by Crippen LogP contribution is 2.32. The molecule has 0 radical (unpaired) electrons. The minimum Gasteiger partial charge on any atom is -0.459 e. The number of allylic oxidation sites excluding steroid dienone is 1. The van der Waals surface area contributed by atoms with E-state index in [0.717, 1.165) is 0 Å². The van der Waals surface area contributed by atoms with Crippen LogP contribution in [-0.4, -0.2) is 36.0 Å². The molecule has 1 atom stereocenters. The zero-order valence-corrected chi connectivity index (χ0v) is 17.5. The summed E-state index contributed by atoms with van der Waals surface area (Å²) in [5.41, 5.74) is 2.13. The number of esters is 1. The lowest BCUT2D eigenvalue weighted by atomic mass is 9.94. The molecule has 7 nitrogen and oxygen atoms in total. The van der Waals surface area contributed by atoms with E-state index in [4.69, 9.17) is 4.74 Å². The fourth-order valence-electron chi connectivity index (χ4n) is 3.02. The maximum atomic E-state index is 12.7. The van der Waals surface area contributed by atoms with Gasteiger partial charge in [0.2, 0.25) is 0 Å². The van der Waals surface area contributed by atoms with Gasteiger partial charge in [-0.1, -0.05) is 18.2 Å². The molecule has 0 unspecified atom stereocenters. The molecule has 0 saturated carbocycles. The van der Waals surface area contributed by atoms with Crippen molar-refractivity contribution in [3.05, 3.63) is 63.5 Å². The van der Waals surface area contributed by atoms with E-state index in [1.165, 1.54) is 16.2 Å². The lowest BCUT2D eigenvalue weighted by Gasteiger charge is -2.33. The quantitative estimate of drug-likeness (QED) is 0.727. The topological polar surface area (TPSA) is 87.7 Å². The summed E-state index contributed by atoms with van der Waals surface area (Å²) in [6.07, 6.45) is -0.289. The van der Waals surface area contributed by atoms with Gasteiger partial charge in [-0.15, -0.1) is 11.3 Å². The summed E-state index contributed by atoms with van der Waals surface area (Å²) in [6.45, 7) is 5.26. The van der Waals surface area contributed by atoms with Gasteiger partial charge in [0.1, 0.15) is 0 Å². The molecule has 2 heterocycles. The van der Waals surface area contributed by atoms with E-state index in [1.807, 2.05) is 11.4 Å². The van der Waals surface area contributed by atoms with Crippen LogP contribution in [0.25, 0.3) is 0 Å². The average molecular weight is 413 g/mol. The largest absolute Gasteiger partial charge is 0.459 e. The minimum atomic E-state index is -0.677. The molecule has 1 aliphatic heterocycles. The predicted octanol–water partition coefficient (Wildman–Crippen LogP) is 3.92.